The van der Waals surface area contributed by atoms with Crippen LogP contribution in [0.2, 0.25) is 0 Å². The van der Waals surface area contributed by atoms with E-state index in [9.17, 15) is 0 Å². The smallest absolute Gasteiger partial charge is 0.0159 e. The molecule has 0 saturated heterocycles. The molecule has 72 valence electrons. The minimum atomic E-state index is 0.500. The topological polar surface area (TPSA) is 39.4 Å². The summed E-state index contributed by atoms with van der Waals surface area (Å²) in [4.78, 5) is 8.24. The highest BCUT2D eigenvalue weighted by atomic mass is 16.1. The van der Waals surface area contributed by atoms with Crippen LogP contribution in [0.4, 0.5) is 0 Å². The van der Waals surface area contributed by atoms with Gasteiger partial charge < -0.3 is 5.41 Å². The first-order valence-corrected chi connectivity index (χ1v) is 5.33. The van der Waals surface area contributed by atoms with E-state index >= 15 is 0 Å². The summed E-state index contributed by atoms with van der Waals surface area (Å²) in [5, 5.41) is 6.76. The predicted octanol–water partition coefficient (Wildman–Crippen LogP) is 2.72. The molecule has 0 atom stereocenters. The Kier molecular flexibility index (Phi) is 2.50. The third-order valence-corrected chi connectivity index (χ3v) is 4.00. The van der Waals surface area contributed by atoms with Crippen LogP contribution in [-0.4, -0.2) is 6.08 Å². The molecular formula is C11H16NO-. The van der Waals surface area contributed by atoms with Crippen LogP contribution in [0.3, 0.4) is 0 Å². The van der Waals surface area contributed by atoms with Crippen LogP contribution >= 0.6 is 0 Å². The predicted molar refractivity (Wildman–Crippen MR) is 50.7 cm³/mol. The van der Waals surface area contributed by atoms with Crippen molar-refractivity contribution >= 4 is 6.08 Å². The standard InChI is InChI=1S/C10H16.CNO/c1-7-2-9-4-8(1)5-10(3-7)6-9;2-1-3/h7-10H,1-6H2;/q;-1. The summed E-state index contributed by atoms with van der Waals surface area (Å²) in [6.45, 7) is 0. The number of rotatable bonds is 0. The van der Waals surface area contributed by atoms with Crippen molar-refractivity contribution in [1.82, 2.24) is 0 Å². The van der Waals surface area contributed by atoms with Crippen molar-refractivity contribution < 1.29 is 4.79 Å². The van der Waals surface area contributed by atoms with E-state index in [4.69, 9.17) is 10.2 Å². The summed E-state index contributed by atoms with van der Waals surface area (Å²) < 4.78 is 0. The van der Waals surface area contributed by atoms with Crippen molar-refractivity contribution in [3.05, 3.63) is 5.41 Å². The number of nitrogens with zero attached hydrogens (tertiary/aromatic N) is 1. The van der Waals surface area contributed by atoms with Gasteiger partial charge in [0.05, 0.1) is 0 Å². The Hall–Kier alpha value is -0.620. The Labute approximate surface area is 79.2 Å². The van der Waals surface area contributed by atoms with Gasteiger partial charge in [0.25, 0.3) is 0 Å². The maximum Gasteiger partial charge on any atom is -0.0159 e. The van der Waals surface area contributed by atoms with Crippen LogP contribution in [0.5, 0.6) is 0 Å². The lowest BCUT2D eigenvalue weighted by atomic mass is 9.56. The van der Waals surface area contributed by atoms with E-state index in [-0.39, 0.29) is 0 Å². The van der Waals surface area contributed by atoms with Gasteiger partial charge in [-0.3, -0.25) is 4.79 Å². The van der Waals surface area contributed by atoms with Crippen LogP contribution in [0.15, 0.2) is 0 Å². The molecule has 4 aliphatic carbocycles. The zero-order valence-corrected chi connectivity index (χ0v) is 7.91. The van der Waals surface area contributed by atoms with Crippen LogP contribution in [0.1, 0.15) is 38.5 Å². The van der Waals surface area contributed by atoms with Crippen LogP contribution in [0, 0.1) is 23.7 Å². The molecule has 2 heteroatoms. The summed E-state index contributed by atoms with van der Waals surface area (Å²) in [6, 6.07) is 0. The maximum atomic E-state index is 8.24. The minimum absolute atomic E-state index is 0.500. The molecule has 4 fully saturated rings. The van der Waals surface area contributed by atoms with E-state index in [1.807, 2.05) is 0 Å². The summed E-state index contributed by atoms with van der Waals surface area (Å²) >= 11 is 0. The quantitative estimate of drug-likeness (QED) is 0.415. The SMILES string of the molecule is C1C2CC3CC1CC(C2)C3.[N-]=C=O. The van der Waals surface area contributed by atoms with E-state index in [2.05, 4.69) is 0 Å². The van der Waals surface area contributed by atoms with Crippen molar-refractivity contribution in [1.29, 1.82) is 0 Å². The fourth-order valence-corrected chi connectivity index (χ4v) is 3.98. The molecule has 0 aliphatic heterocycles. The highest BCUT2D eigenvalue weighted by molar-refractivity contribution is 5.36. The zero-order chi connectivity index (χ0) is 9.26. The number of carbonyl (C=O) groups excluding carboxylic acids is 1. The average molecular weight is 178 g/mol. The fraction of sp³-hybridized carbons (Fsp3) is 0.909. The maximum absolute atomic E-state index is 8.24. The molecule has 0 spiro atoms. The van der Waals surface area contributed by atoms with Crippen molar-refractivity contribution in [2.45, 2.75) is 38.5 Å². The van der Waals surface area contributed by atoms with E-state index in [1.54, 1.807) is 38.5 Å². The molecular weight excluding hydrogens is 162 g/mol. The first-order chi connectivity index (χ1) is 6.31. The minimum Gasteiger partial charge on any atom is -0.724 e. The molecule has 4 rings (SSSR count). The van der Waals surface area contributed by atoms with Gasteiger partial charge in [-0.25, -0.2) is 0 Å². The van der Waals surface area contributed by atoms with E-state index in [0.29, 0.717) is 6.08 Å². The second kappa shape index (κ2) is 3.63. The molecule has 4 bridgehead atoms. The lowest BCUT2D eigenvalue weighted by Gasteiger charge is -2.49. The Morgan fingerprint density at radius 2 is 0.923 bits per heavy atom. The molecule has 0 N–H and O–H groups in total. The van der Waals surface area contributed by atoms with E-state index in [0.717, 1.165) is 0 Å². The Balaban J connectivity index is 0.000000196. The van der Waals surface area contributed by atoms with Gasteiger partial charge in [0.15, 0.2) is 0 Å². The normalized spacial score (nSPS) is 44.9. The molecule has 13 heavy (non-hydrogen) atoms. The van der Waals surface area contributed by atoms with Crippen molar-refractivity contribution in [3.8, 4) is 0 Å². The molecule has 4 saturated carbocycles. The summed E-state index contributed by atoms with van der Waals surface area (Å²) in [7, 11) is 0. The molecule has 0 radical (unpaired) electrons. The zero-order valence-electron chi connectivity index (χ0n) is 7.91. The highest BCUT2D eigenvalue weighted by Gasteiger charge is 2.41. The monoisotopic (exact) mass is 178 g/mol. The van der Waals surface area contributed by atoms with Crippen LogP contribution < -0.4 is 0 Å². The third-order valence-electron chi connectivity index (χ3n) is 4.00. The highest BCUT2D eigenvalue weighted by Crippen LogP contribution is 2.53. The Bertz CT molecular complexity index is 162. The summed E-state index contributed by atoms with van der Waals surface area (Å²) in [5.41, 5.74) is 0. The lowest BCUT2D eigenvalue weighted by molar-refractivity contribution is 0.0198. The van der Waals surface area contributed by atoms with Gasteiger partial charge in [-0.15, -0.1) is 0 Å². The first-order valence-electron chi connectivity index (χ1n) is 5.33. The van der Waals surface area contributed by atoms with E-state index in [1.165, 1.54) is 23.7 Å². The van der Waals surface area contributed by atoms with Gasteiger partial charge in [0.1, 0.15) is 0 Å². The van der Waals surface area contributed by atoms with Gasteiger partial charge in [-0.1, -0.05) is 0 Å². The number of isocyanates is 1. The summed E-state index contributed by atoms with van der Waals surface area (Å²) in [6.07, 6.45) is 10.1. The second-order valence-electron chi connectivity index (χ2n) is 4.97. The third kappa shape index (κ3) is 1.83. The fourth-order valence-electron chi connectivity index (χ4n) is 3.98. The van der Waals surface area contributed by atoms with Gasteiger partial charge in [0.2, 0.25) is 0 Å². The Morgan fingerprint density at radius 3 is 1.08 bits per heavy atom. The molecule has 0 aromatic carbocycles. The van der Waals surface area contributed by atoms with Crippen LogP contribution in [0.25, 0.3) is 5.41 Å². The number of hydrogen-bond acceptors (Lipinski definition) is 1. The molecule has 4 aliphatic rings. The molecule has 0 unspecified atom stereocenters. The molecule has 0 aromatic heterocycles. The number of hydrogen-bond donors (Lipinski definition) is 0. The van der Waals surface area contributed by atoms with E-state index < -0.39 is 0 Å². The van der Waals surface area contributed by atoms with Gasteiger partial charge in [0, 0.05) is 0 Å². The van der Waals surface area contributed by atoms with Crippen molar-refractivity contribution in [3.63, 3.8) is 0 Å². The van der Waals surface area contributed by atoms with Crippen molar-refractivity contribution in [2.75, 3.05) is 0 Å². The molecule has 0 heterocycles. The van der Waals surface area contributed by atoms with Gasteiger partial charge in [-0.2, -0.15) is 0 Å². The first kappa shape index (κ1) is 8.96. The average Bonchev–Trinajstić information content (AvgIpc) is 2.01. The Morgan fingerprint density at radius 1 is 0.769 bits per heavy atom. The van der Waals surface area contributed by atoms with Gasteiger partial charge >= 0.3 is 0 Å². The molecule has 0 amide bonds. The second-order valence-corrected chi connectivity index (χ2v) is 4.97. The van der Waals surface area contributed by atoms with Crippen LogP contribution in [-0.2, 0) is 4.79 Å². The van der Waals surface area contributed by atoms with Gasteiger partial charge in [-0.05, 0) is 68.3 Å². The van der Waals surface area contributed by atoms with Crippen molar-refractivity contribution in [2.24, 2.45) is 23.7 Å². The lowest BCUT2D eigenvalue weighted by Crippen LogP contribution is -2.38. The summed E-state index contributed by atoms with van der Waals surface area (Å²) in [5.74, 6) is 4.71. The largest absolute Gasteiger partial charge is 0.724 e. The molecule has 0 aromatic rings. The molecule has 2 nitrogen and oxygen atoms in total.